The first-order valence-corrected chi connectivity index (χ1v) is 18.2. The molecular formula is C32H58N2O8S. The number of aliphatic hydroxyl groups is 4. The second-order valence-corrected chi connectivity index (χ2v) is 17.4. The van der Waals surface area contributed by atoms with Crippen LogP contribution in [0.25, 0.3) is 0 Å². The number of likely N-dealkylation sites (N-methyl/N-ethyl adjacent to an activating group) is 1. The fraction of sp³-hybridized carbons (Fsp3) is 0.969. The van der Waals surface area contributed by atoms with Gasteiger partial charge < -0.3 is 34.8 Å². The van der Waals surface area contributed by atoms with Crippen LogP contribution in [-0.2, 0) is 14.9 Å². The van der Waals surface area contributed by atoms with Gasteiger partial charge in [0, 0.05) is 19.4 Å². The van der Waals surface area contributed by atoms with Gasteiger partial charge in [-0.05, 0) is 97.7 Å². The van der Waals surface area contributed by atoms with Crippen molar-refractivity contribution in [2.24, 2.45) is 46.3 Å². The van der Waals surface area contributed by atoms with Crippen LogP contribution >= 0.6 is 0 Å². The third-order valence-corrected chi connectivity index (χ3v) is 13.5. The molecule has 0 aromatic carbocycles. The van der Waals surface area contributed by atoms with Crippen molar-refractivity contribution in [3.05, 3.63) is 0 Å². The van der Waals surface area contributed by atoms with Crippen molar-refractivity contribution in [2.45, 2.75) is 109 Å². The lowest BCUT2D eigenvalue weighted by molar-refractivity contribution is -0.893. The quantitative estimate of drug-likeness (QED) is 0.124. The molecule has 0 aliphatic heterocycles. The topological polar surface area (TPSA) is 167 Å². The van der Waals surface area contributed by atoms with Crippen LogP contribution < -0.4 is 5.32 Å². The summed E-state index contributed by atoms with van der Waals surface area (Å²) in [6.07, 6.45) is 5.44. The Labute approximate surface area is 259 Å². The highest BCUT2D eigenvalue weighted by Crippen LogP contribution is 2.68. The van der Waals surface area contributed by atoms with Gasteiger partial charge >= 0.3 is 0 Å². The predicted molar refractivity (Wildman–Crippen MR) is 162 cm³/mol. The largest absolute Gasteiger partial charge is 0.748 e. The van der Waals surface area contributed by atoms with E-state index in [1.54, 1.807) is 0 Å². The van der Waals surface area contributed by atoms with Crippen LogP contribution in [0.3, 0.4) is 0 Å². The van der Waals surface area contributed by atoms with E-state index in [1.807, 2.05) is 14.1 Å². The molecule has 0 heterocycles. The van der Waals surface area contributed by atoms with Crippen LogP contribution in [0.2, 0.25) is 0 Å². The van der Waals surface area contributed by atoms with Crippen LogP contribution in [0.15, 0.2) is 0 Å². The number of hydrogen-bond donors (Lipinski definition) is 5. The van der Waals surface area contributed by atoms with Crippen LogP contribution in [-0.4, -0.2) is 108 Å². The van der Waals surface area contributed by atoms with E-state index in [2.05, 4.69) is 26.1 Å². The normalized spacial score (nSPS) is 41.1. The Morgan fingerprint density at radius 3 is 2.44 bits per heavy atom. The second kappa shape index (κ2) is 13.1. The van der Waals surface area contributed by atoms with Crippen LogP contribution in [0.1, 0.15) is 85.0 Å². The van der Waals surface area contributed by atoms with Crippen molar-refractivity contribution in [1.82, 2.24) is 5.32 Å². The van der Waals surface area contributed by atoms with E-state index in [4.69, 9.17) is 0 Å². The maximum Gasteiger partial charge on any atom is 0.220 e. The Bertz CT molecular complexity index is 1090. The zero-order valence-corrected chi connectivity index (χ0v) is 27.8. The minimum atomic E-state index is -4.48. The molecule has 0 spiro atoms. The van der Waals surface area contributed by atoms with Crippen molar-refractivity contribution in [3.8, 4) is 0 Å². The van der Waals surface area contributed by atoms with E-state index in [0.717, 1.165) is 44.9 Å². The summed E-state index contributed by atoms with van der Waals surface area (Å²) in [7, 11) is -0.775. The van der Waals surface area contributed by atoms with Crippen LogP contribution in [0.4, 0.5) is 0 Å². The van der Waals surface area contributed by atoms with Crippen LogP contribution in [0.5, 0.6) is 0 Å². The van der Waals surface area contributed by atoms with E-state index in [0.29, 0.717) is 42.8 Å². The van der Waals surface area contributed by atoms with Gasteiger partial charge in [0.1, 0.15) is 12.6 Å². The molecule has 0 saturated heterocycles. The molecule has 4 aliphatic carbocycles. The molecule has 1 amide bonds. The van der Waals surface area contributed by atoms with Gasteiger partial charge in [-0.3, -0.25) is 4.79 Å². The molecule has 250 valence electrons. The van der Waals surface area contributed by atoms with E-state index in [-0.39, 0.29) is 59.0 Å². The minimum absolute atomic E-state index is 0.0141. The highest BCUT2D eigenvalue weighted by atomic mass is 32.2. The summed E-state index contributed by atoms with van der Waals surface area (Å²) in [5, 5.41) is 46.5. The Balaban J connectivity index is 1.27. The maximum atomic E-state index is 12.7. The number of rotatable bonds is 12. The summed E-state index contributed by atoms with van der Waals surface area (Å²) >= 11 is 0. The molecule has 4 fully saturated rings. The third-order valence-electron chi connectivity index (χ3n) is 12.7. The Hall–Kier alpha value is -0.820. The van der Waals surface area contributed by atoms with Crippen molar-refractivity contribution in [1.29, 1.82) is 0 Å². The Morgan fingerprint density at radius 1 is 1.07 bits per heavy atom. The molecule has 12 atom stereocenters. The molecule has 0 aromatic rings. The van der Waals surface area contributed by atoms with E-state index < -0.39 is 34.2 Å². The van der Waals surface area contributed by atoms with Gasteiger partial charge in [0.25, 0.3) is 0 Å². The van der Waals surface area contributed by atoms with Crippen molar-refractivity contribution in [2.75, 3.05) is 39.5 Å². The van der Waals surface area contributed by atoms with E-state index in [9.17, 15) is 38.2 Å². The molecule has 5 unspecified atom stereocenters. The zero-order chi connectivity index (χ0) is 32.0. The van der Waals surface area contributed by atoms with Crippen molar-refractivity contribution in [3.63, 3.8) is 0 Å². The molecule has 4 aliphatic rings. The first-order valence-electron chi connectivity index (χ1n) is 16.6. The fourth-order valence-electron chi connectivity index (χ4n) is 10.5. The predicted octanol–water partition coefficient (Wildman–Crippen LogP) is 1.85. The maximum absolute atomic E-state index is 12.7. The monoisotopic (exact) mass is 630 g/mol. The van der Waals surface area contributed by atoms with Gasteiger partial charge in [-0.25, -0.2) is 8.42 Å². The molecule has 0 bridgehead atoms. The molecule has 4 saturated carbocycles. The number of aliphatic hydroxyl groups excluding tert-OH is 4. The Kier molecular flexibility index (Phi) is 10.7. The molecule has 10 nitrogen and oxygen atoms in total. The first kappa shape index (κ1) is 35.0. The molecule has 4 rings (SSSR count). The number of fused-ring (bicyclic) bond motifs is 5. The number of nitrogens with zero attached hydrogens (tertiary/aromatic N) is 1. The van der Waals surface area contributed by atoms with Crippen LogP contribution in [0, 0.1) is 46.3 Å². The van der Waals surface area contributed by atoms with Crippen molar-refractivity contribution < 1.29 is 42.7 Å². The van der Waals surface area contributed by atoms with E-state index >= 15 is 0 Å². The summed E-state index contributed by atoms with van der Waals surface area (Å²) in [6, 6.07) is 0. The summed E-state index contributed by atoms with van der Waals surface area (Å²) in [4.78, 5) is 12.7. The Morgan fingerprint density at radius 2 is 1.77 bits per heavy atom. The summed E-state index contributed by atoms with van der Waals surface area (Å²) in [5.74, 6) is 0.749. The number of hydrogen-bond acceptors (Lipinski definition) is 8. The molecule has 5 N–H and O–H groups in total. The third kappa shape index (κ3) is 7.60. The SMILES string of the molecule is C[C@H](CCC(=O)NCCC[N+](C)(C)CC(O)CS(=O)(=O)[O-])[C@H]1CCC2C3C(O)C[C@@H]4C[C@H](O)CC[C@]4(C)C3C[C@H](O)[C@@]21C. The summed E-state index contributed by atoms with van der Waals surface area (Å²) in [6.45, 7) is 8.02. The molecule has 11 heteroatoms. The number of nitrogens with one attached hydrogen (secondary N) is 1. The van der Waals surface area contributed by atoms with Gasteiger partial charge in [0.15, 0.2) is 0 Å². The number of carbonyl (C=O) groups excluding carboxylic acids is 1. The van der Waals surface area contributed by atoms with Gasteiger partial charge in [0.05, 0.1) is 54.8 Å². The minimum Gasteiger partial charge on any atom is -0.748 e. The van der Waals surface area contributed by atoms with Gasteiger partial charge in [-0.1, -0.05) is 20.8 Å². The number of quaternary nitrogens is 1. The average Bonchev–Trinajstić information content (AvgIpc) is 3.24. The van der Waals surface area contributed by atoms with E-state index in [1.165, 1.54) is 0 Å². The highest BCUT2D eigenvalue weighted by molar-refractivity contribution is 7.85. The lowest BCUT2D eigenvalue weighted by atomic mass is 9.43. The average molecular weight is 631 g/mol. The summed E-state index contributed by atoms with van der Waals surface area (Å²) in [5.41, 5.74) is -0.229. The molecule has 0 aromatic heterocycles. The number of amides is 1. The molecular weight excluding hydrogens is 572 g/mol. The van der Waals surface area contributed by atoms with Gasteiger partial charge in [0.2, 0.25) is 5.91 Å². The van der Waals surface area contributed by atoms with Crippen molar-refractivity contribution >= 4 is 16.0 Å². The fourth-order valence-corrected chi connectivity index (χ4v) is 11.0. The smallest absolute Gasteiger partial charge is 0.220 e. The van der Waals surface area contributed by atoms with Gasteiger partial charge in [-0.15, -0.1) is 0 Å². The highest BCUT2D eigenvalue weighted by Gasteiger charge is 2.65. The molecule has 0 radical (unpaired) electrons. The zero-order valence-electron chi connectivity index (χ0n) is 27.0. The lowest BCUT2D eigenvalue weighted by Gasteiger charge is -2.63. The van der Waals surface area contributed by atoms with Gasteiger partial charge in [-0.2, -0.15) is 0 Å². The summed E-state index contributed by atoms with van der Waals surface area (Å²) < 4.78 is 33.0. The lowest BCUT2D eigenvalue weighted by Crippen LogP contribution is -2.62. The second-order valence-electron chi connectivity index (χ2n) is 16.0. The molecule has 43 heavy (non-hydrogen) atoms. The first-order chi connectivity index (χ1) is 19.9. The number of carbonyl (C=O) groups is 1. The standard InChI is InChI=1S/C32H58N2O8S/c1-20(7-10-29(39)33-13-6-14-34(4,5)18-23(36)19-43(40,41)42)24-8-9-25-30-26(17-28(38)32(24,25)3)31(2)12-11-22(35)15-21(31)16-27(30)37/h20-28,30,35-38H,6-19H2,1-5H3,(H-,33,39,40,41,42)/t20-,21+,22-,23?,24-,25?,26?,27?,28+,30?,31+,32-/m1/s1.